The third-order valence-corrected chi connectivity index (χ3v) is 4.92. The fraction of sp³-hybridized carbons (Fsp3) is 0.333. The Morgan fingerprint density at radius 1 is 1.32 bits per heavy atom. The average molecular weight is 313 g/mol. The molecule has 0 fully saturated rings. The van der Waals surface area contributed by atoms with E-state index in [0.29, 0.717) is 18.0 Å². The van der Waals surface area contributed by atoms with Gasteiger partial charge in [0.1, 0.15) is 10.7 Å². The minimum absolute atomic E-state index is 0.196. The van der Waals surface area contributed by atoms with Gasteiger partial charge in [0, 0.05) is 23.5 Å². The van der Waals surface area contributed by atoms with Crippen LogP contribution >= 0.6 is 11.3 Å². The van der Waals surface area contributed by atoms with Crippen molar-refractivity contribution in [2.24, 2.45) is 0 Å². The summed E-state index contributed by atoms with van der Waals surface area (Å²) in [5.74, 6) is 0.330. The molecule has 1 aliphatic rings. The van der Waals surface area contributed by atoms with E-state index < -0.39 is 0 Å². The number of nitrogens with one attached hydrogen (secondary N) is 1. The molecule has 6 nitrogen and oxygen atoms in total. The van der Waals surface area contributed by atoms with E-state index in [1.165, 1.54) is 23.4 Å². The zero-order chi connectivity index (χ0) is 14.9. The van der Waals surface area contributed by atoms with Crippen LogP contribution in [0.4, 0.5) is 0 Å². The summed E-state index contributed by atoms with van der Waals surface area (Å²) in [4.78, 5) is 26.5. The second-order valence-corrected chi connectivity index (χ2v) is 6.49. The van der Waals surface area contributed by atoms with E-state index in [2.05, 4.69) is 20.3 Å². The molecule has 3 aromatic heterocycles. The van der Waals surface area contributed by atoms with Gasteiger partial charge in [-0.1, -0.05) is 0 Å². The third-order valence-electron chi connectivity index (χ3n) is 3.76. The number of fused-ring (bicyclic) bond motifs is 2. The molecular formula is C15H15N5OS. The fourth-order valence-electron chi connectivity index (χ4n) is 2.67. The maximum Gasteiger partial charge on any atom is 0.271 e. The van der Waals surface area contributed by atoms with Crippen LogP contribution in [0.15, 0.2) is 24.7 Å². The molecule has 4 rings (SSSR count). The van der Waals surface area contributed by atoms with Gasteiger partial charge < -0.3 is 5.32 Å². The molecule has 112 valence electrons. The highest BCUT2D eigenvalue weighted by Gasteiger charge is 2.16. The van der Waals surface area contributed by atoms with Gasteiger partial charge in [0.05, 0.1) is 12.2 Å². The first-order valence-corrected chi connectivity index (χ1v) is 8.16. The normalized spacial score (nSPS) is 14.0. The van der Waals surface area contributed by atoms with Crippen molar-refractivity contribution in [3.05, 3.63) is 45.9 Å². The number of amides is 1. The molecule has 1 amide bonds. The number of thiazole rings is 1. The zero-order valence-corrected chi connectivity index (χ0v) is 12.8. The van der Waals surface area contributed by atoms with Gasteiger partial charge in [0.15, 0.2) is 0 Å². The molecule has 0 aromatic carbocycles. The Labute approximate surface area is 131 Å². The molecule has 7 heteroatoms. The van der Waals surface area contributed by atoms with Crippen molar-refractivity contribution in [1.29, 1.82) is 0 Å². The van der Waals surface area contributed by atoms with Gasteiger partial charge in [-0.05, 0) is 31.7 Å². The molecule has 22 heavy (non-hydrogen) atoms. The van der Waals surface area contributed by atoms with E-state index in [9.17, 15) is 4.79 Å². The van der Waals surface area contributed by atoms with Crippen molar-refractivity contribution < 1.29 is 4.79 Å². The Bertz CT molecular complexity index is 781. The van der Waals surface area contributed by atoms with Crippen molar-refractivity contribution in [3.8, 4) is 0 Å². The second kappa shape index (κ2) is 5.49. The summed E-state index contributed by atoms with van der Waals surface area (Å²) in [5, 5.41) is 3.86. The van der Waals surface area contributed by atoms with Gasteiger partial charge in [-0.25, -0.2) is 15.0 Å². The van der Waals surface area contributed by atoms with Crippen molar-refractivity contribution in [2.45, 2.75) is 32.2 Å². The fourth-order valence-corrected chi connectivity index (χ4v) is 3.76. The summed E-state index contributed by atoms with van der Waals surface area (Å²) >= 11 is 1.71. The zero-order valence-electron chi connectivity index (χ0n) is 12.0. The SMILES string of the molecule is O=C(NCc1nc2c(s1)CCCC2)c1cn2cccnc2n1. The lowest BCUT2D eigenvalue weighted by molar-refractivity contribution is 0.0946. The van der Waals surface area contributed by atoms with Crippen LogP contribution in [0.25, 0.3) is 5.78 Å². The van der Waals surface area contributed by atoms with Crippen LogP contribution in [0.1, 0.15) is 38.9 Å². The lowest BCUT2D eigenvalue weighted by atomic mass is 10.0. The van der Waals surface area contributed by atoms with Crippen LogP contribution in [0.3, 0.4) is 0 Å². The summed E-state index contributed by atoms with van der Waals surface area (Å²) in [7, 11) is 0. The van der Waals surface area contributed by atoms with Gasteiger partial charge >= 0.3 is 0 Å². The molecule has 0 saturated carbocycles. The number of imidazole rings is 1. The van der Waals surface area contributed by atoms with Gasteiger partial charge in [0.2, 0.25) is 5.78 Å². The van der Waals surface area contributed by atoms with Crippen LogP contribution in [0.5, 0.6) is 0 Å². The molecule has 0 radical (unpaired) electrons. The number of nitrogens with zero attached hydrogens (tertiary/aromatic N) is 4. The summed E-state index contributed by atoms with van der Waals surface area (Å²) in [6.45, 7) is 0.456. The Hall–Kier alpha value is -2.28. The standard InChI is InChI=1S/C15H15N5OS/c21-14(11-9-20-7-3-6-16-15(20)19-11)17-8-13-18-10-4-1-2-5-12(10)22-13/h3,6-7,9H,1-2,4-5,8H2,(H,17,21). The highest BCUT2D eigenvalue weighted by Crippen LogP contribution is 2.26. The highest BCUT2D eigenvalue weighted by atomic mass is 32.1. The van der Waals surface area contributed by atoms with Crippen molar-refractivity contribution in [2.75, 3.05) is 0 Å². The quantitative estimate of drug-likeness (QED) is 0.802. The topological polar surface area (TPSA) is 72.2 Å². The third kappa shape index (κ3) is 2.48. The molecule has 0 saturated heterocycles. The predicted octanol–water partition coefficient (Wildman–Crippen LogP) is 1.99. The van der Waals surface area contributed by atoms with E-state index in [1.54, 1.807) is 34.2 Å². The van der Waals surface area contributed by atoms with E-state index in [0.717, 1.165) is 17.8 Å². The lowest BCUT2D eigenvalue weighted by Gasteiger charge is -2.06. The van der Waals surface area contributed by atoms with E-state index in [4.69, 9.17) is 0 Å². The molecule has 1 aliphatic carbocycles. The second-order valence-electron chi connectivity index (χ2n) is 5.32. The Kier molecular flexibility index (Phi) is 3.34. The monoisotopic (exact) mass is 313 g/mol. The minimum Gasteiger partial charge on any atom is -0.344 e. The number of aryl methyl sites for hydroxylation is 2. The van der Waals surface area contributed by atoms with Gasteiger partial charge in [0.25, 0.3) is 5.91 Å². The lowest BCUT2D eigenvalue weighted by Crippen LogP contribution is -2.23. The van der Waals surface area contributed by atoms with Gasteiger partial charge in [-0.15, -0.1) is 11.3 Å². The summed E-state index contributed by atoms with van der Waals surface area (Å²) < 4.78 is 1.73. The molecule has 0 bridgehead atoms. The maximum atomic E-state index is 12.2. The Morgan fingerprint density at radius 3 is 3.09 bits per heavy atom. The van der Waals surface area contributed by atoms with E-state index in [1.807, 2.05) is 6.20 Å². The Morgan fingerprint density at radius 2 is 2.23 bits per heavy atom. The molecule has 0 atom stereocenters. The summed E-state index contributed by atoms with van der Waals surface area (Å²) in [6, 6.07) is 1.80. The number of carbonyl (C=O) groups is 1. The number of hydrogen-bond donors (Lipinski definition) is 1. The summed E-state index contributed by atoms with van der Waals surface area (Å²) in [5.41, 5.74) is 1.59. The smallest absolute Gasteiger partial charge is 0.271 e. The highest BCUT2D eigenvalue weighted by molar-refractivity contribution is 7.11. The molecule has 3 aromatic rings. The largest absolute Gasteiger partial charge is 0.344 e. The average Bonchev–Trinajstić information content (AvgIpc) is 3.15. The van der Waals surface area contributed by atoms with Crippen LogP contribution < -0.4 is 5.32 Å². The molecule has 1 N–H and O–H groups in total. The Balaban J connectivity index is 1.46. The minimum atomic E-state index is -0.196. The molecule has 3 heterocycles. The first kappa shape index (κ1) is 13.4. The molecule has 0 aliphatic heterocycles. The van der Waals surface area contributed by atoms with Crippen LogP contribution in [0.2, 0.25) is 0 Å². The van der Waals surface area contributed by atoms with Crippen LogP contribution in [-0.4, -0.2) is 25.3 Å². The number of rotatable bonds is 3. The van der Waals surface area contributed by atoms with Crippen molar-refractivity contribution >= 4 is 23.0 Å². The van der Waals surface area contributed by atoms with Crippen LogP contribution in [0, 0.1) is 0 Å². The predicted molar refractivity (Wildman–Crippen MR) is 82.9 cm³/mol. The summed E-state index contributed by atoms with van der Waals surface area (Å²) in [6.07, 6.45) is 9.82. The van der Waals surface area contributed by atoms with Gasteiger partial charge in [-0.2, -0.15) is 0 Å². The first-order valence-electron chi connectivity index (χ1n) is 7.35. The van der Waals surface area contributed by atoms with Gasteiger partial charge in [-0.3, -0.25) is 9.20 Å². The van der Waals surface area contributed by atoms with Crippen molar-refractivity contribution in [1.82, 2.24) is 24.7 Å². The van der Waals surface area contributed by atoms with Crippen molar-refractivity contribution in [3.63, 3.8) is 0 Å². The molecule has 0 spiro atoms. The maximum absolute atomic E-state index is 12.2. The number of hydrogen-bond acceptors (Lipinski definition) is 5. The number of carbonyl (C=O) groups excluding carboxylic acids is 1. The van der Waals surface area contributed by atoms with Crippen LogP contribution in [-0.2, 0) is 19.4 Å². The number of aromatic nitrogens is 4. The van der Waals surface area contributed by atoms with E-state index in [-0.39, 0.29) is 5.91 Å². The molecular weight excluding hydrogens is 298 g/mol. The van der Waals surface area contributed by atoms with E-state index >= 15 is 0 Å². The molecule has 0 unspecified atom stereocenters. The first-order chi connectivity index (χ1) is 10.8.